The molecule has 1 heterocycles. The Morgan fingerprint density at radius 1 is 1.32 bits per heavy atom. The maximum absolute atomic E-state index is 12.2. The van der Waals surface area contributed by atoms with Gasteiger partial charge in [-0.2, -0.15) is 0 Å². The first kappa shape index (κ1) is 14.7. The zero-order valence-corrected chi connectivity index (χ0v) is 13.0. The molecule has 0 unspecified atom stereocenters. The number of likely N-dealkylation sites (N-methyl/N-ethyl adjacent to an activating group) is 1. The molecule has 0 spiro atoms. The summed E-state index contributed by atoms with van der Waals surface area (Å²) in [6, 6.07) is 4.07. The smallest absolute Gasteiger partial charge is 0.186 e. The van der Waals surface area contributed by atoms with E-state index in [0.717, 1.165) is 23.8 Å². The highest BCUT2D eigenvalue weighted by Gasteiger charge is 2.17. The number of Topliss-reactive ketones (excluding diaryl/α,β-unsaturated/α-hetero) is 1. The molecule has 2 nitrogen and oxygen atoms in total. The summed E-state index contributed by atoms with van der Waals surface area (Å²) in [6.07, 6.45) is 7.85. The molecule has 19 heavy (non-hydrogen) atoms. The average Bonchev–Trinajstić information content (AvgIpc) is 2.88. The van der Waals surface area contributed by atoms with E-state index in [9.17, 15) is 4.79 Å². The number of aryl methyl sites for hydroxylation is 1. The first-order valence-electron chi connectivity index (χ1n) is 7.49. The minimum absolute atomic E-state index is 0.281. The Kier molecular flexibility index (Phi) is 5.59. The van der Waals surface area contributed by atoms with Gasteiger partial charge in [-0.05, 0) is 44.4 Å². The van der Waals surface area contributed by atoms with Gasteiger partial charge in [-0.1, -0.05) is 26.2 Å². The molecule has 1 aromatic heterocycles. The lowest BCUT2D eigenvalue weighted by Crippen LogP contribution is -2.31. The third kappa shape index (κ3) is 4.43. The highest BCUT2D eigenvalue weighted by Crippen LogP contribution is 2.24. The molecule has 3 heteroatoms. The molecule has 0 aliphatic heterocycles. The lowest BCUT2D eigenvalue weighted by molar-refractivity contribution is 0.0936. The second-order valence-corrected chi connectivity index (χ2v) is 6.91. The van der Waals surface area contributed by atoms with Crippen molar-refractivity contribution in [3.8, 4) is 0 Å². The van der Waals surface area contributed by atoms with E-state index in [1.165, 1.54) is 37.0 Å². The average molecular weight is 279 g/mol. The largest absolute Gasteiger partial charge is 0.299 e. The van der Waals surface area contributed by atoms with Crippen LogP contribution in [-0.4, -0.2) is 30.8 Å². The summed E-state index contributed by atoms with van der Waals surface area (Å²) in [7, 11) is 2.08. The second kappa shape index (κ2) is 7.20. The molecule has 0 amide bonds. The van der Waals surface area contributed by atoms with Crippen LogP contribution in [-0.2, 0) is 6.42 Å². The van der Waals surface area contributed by atoms with Crippen molar-refractivity contribution < 1.29 is 4.79 Å². The van der Waals surface area contributed by atoms with Gasteiger partial charge < -0.3 is 0 Å². The number of rotatable bonds is 6. The number of carbonyl (C=O) groups excluding carboxylic acids is 1. The van der Waals surface area contributed by atoms with Crippen molar-refractivity contribution in [2.75, 3.05) is 20.1 Å². The van der Waals surface area contributed by atoms with Gasteiger partial charge in [-0.3, -0.25) is 9.69 Å². The fraction of sp³-hybridized carbons (Fsp3) is 0.688. The summed E-state index contributed by atoms with van der Waals surface area (Å²) in [5, 5.41) is 0. The predicted octanol–water partition coefficient (Wildman–Crippen LogP) is 4.01. The molecule has 1 aromatic rings. The quantitative estimate of drug-likeness (QED) is 0.733. The highest BCUT2D eigenvalue weighted by molar-refractivity contribution is 7.14. The standard InChI is InChI=1S/C16H25NOS/c1-3-14-9-10-16(19-14)15(18)12-17(2)11-13-7-5-4-6-8-13/h9-10,13H,3-8,11-12H2,1-2H3. The molecule has 0 aromatic carbocycles. The van der Waals surface area contributed by atoms with Crippen LogP contribution in [0.2, 0.25) is 0 Å². The zero-order valence-electron chi connectivity index (χ0n) is 12.2. The Balaban J connectivity index is 1.80. The van der Waals surface area contributed by atoms with E-state index in [4.69, 9.17) is 0 Å². The van der Waals surface area contributed by atoms with Gasteiger partial charge in [0, 0.05) is 11.4 Å². The Labute approximate surface area is 120 Å². The van der Waals surface area contributed by atoms with Crippen molar-refractivity contribution in [1.82, 2.24) is 4.90 Å². The van der Waals surface area contributed by atoms with Crippen molar-refractivity contribution in [3.63, 3.8) is 0 Å². The number of hydrogen-bond acceptors (Lipinski definition) is 3. The molecular formula is C16H25NOS. The van der Waals surface area contributed by atoms with Crippen LogP contribution in [0.3, 0.4) is 0 Å². The molecule has 0 N–H and O–H groups in total. The Morgan fingerprint density at radius 3 is 2.68 bits per heavy atom. The van der Waals surface area contributed by atoms with Crippen LogP contribution in [0.5, 0.6) is 0 Å². The molecule has 1 fully saturated rings. The molecule has 0 saturated heterocycles. The second-order valence-electron chi connectivity index (χ2n) is 5.74. The monoisotopic (exact) mass is 279 g/mol. The van der Waals surface area contributed by atoms with Crippen LogP contribution >= 0.6 is 11.3 Å². The lowest BCUT2D eigenvalue weighted by atomic mass is 9.89. The topological polar surface area (TPSA) is 20.3 Å². The predicted molar refractivity (Wildman–Crippen MR) is 82.1 cm³/mol. The van der Waals surface area contributed by atoms with Crippen LogP contribution in [0.15, 0.2) is 12.1 Å². The van der Waals surface area contributed by atoms with E-state index < -0.39 is 0 Å². The molecule has 0 radical (unpaired) electrons. The van der Waals surface area contributed by atoms with Crippen molar-refractivity contribution in [1.29, 1.82) is 0 Å². The third-order valence-electron chi connectivity index (χ3n) is 3.99. The van der Waals surface area contributed by atoms with Gasteiger partial charge in [0.2, 0.25) is 0 Å². The highest BCUT2D eigenvalue weighted by atomic mass is 32.1. The summed E-state index contributed by atoms with van der Waals surface area (Å²) in [5.41, 5.74) is 0. The third-order valence-corrected chi connectivity index (χ3v) is 5.26. The summed E-state index contributed by atoms with van der Waals surface area (Å²) in [5.74, 6) is 1.09. The van der Waals surface area contributed by atoms with Gasteiger partial charge in [0.05, 0.1) is 11.4 Å². The van der Waals surface area contributed by atoms with Gasteiger partial charge in [0.25, 0.3) is 0 Å². The Hall–Kier alpha value is -0.670. The fourth-order valence-electron chi connectivity index (χ4n) is 2.92. The SMILES string of the molecule is CCc1ccc(C(=O)CN(C)CC2CCCCC2)s1. The van der Waals surface area contributed by atoms with Crippen LogP contribution in [0.1, 0.15) is 53.6 Å². The minimum Gasteiger partial charge on any atom is -0.299 e. The van der Waals surface area contributed by atoms with Crippen molar-refractivity contribution in [3.05, 3.63) is 21.9 Å². The van der Waals surface area contributed by atoms with E-state index in [1.807, 2.05) is 6.07 Å². The molecular weight excluding hydrogens is 254 g/mol. The summed E-state index contributed by atoms with van der Waals surface area (Å²) >= 11 is 1.65. The maximum atomic E-state index is 12.2. The van der Waals surface area contributed by atoms with Gasteiger partial charge in [0.15, 0.2) is 5.78 Å². The van der Waals surface area contributed by atoms with Crippen LogP contribution < -0.4 is 0 Å². The Morgan fingerprint density at radius 2 is 2.05 bits per heavy atom. The van der Waals surface area contributed by atoms with E-state index in [1.54, 1.807) is 11.3 Å². The number of thiophene rings is 1. The van der Waals surface area contributed by atoms with Crippen LogP contribution in [0, 0.1) is 5.92 Å². The van der Waals surface area contributed by atoms with Gasteiger partial charge in [-0.15, -0.1) is 11.3 Å². The number of ketones is 1. The van der Waals surface area contributed by atoms with Crippen LogP contribution in [0.25, 0.3) is 0 Å². The van der Waals surface area contributed by atoms with Crippen molar-refractivity contribution >= 4 is 17.1 Å². The van der Waals surface area contributed by atoms with Crippen LogP contribution in [0.4, 0.5) is 0 Å². The molecule has 0 atom stereocenters. The fourth-order valence-corrected chi connectivity index (χ4v) is 3.79. The molecule has 1 aliphatic rings. The summed E-state index contributed by atoms with van der Waals surface area (Å²) in [6.45, 7) is 3.78. The minimum atomic E-state index is 0.281. The number of nitrogens with zero attached hydrogens (tertiary/aromatic N) is 1. The summed E-state index contributed by atoms with van der Waals surface area (Å²) < 4.78 is 0. The molecule has 2 rings (SSSR count). The van der Waals surface area contributed by atoms with E-state index in [-0.39, 0.29) is 5.78 Å². The molecule has 1 saturated carbocycles. The van der Waals surface area contributed by atoms with Gasteiger partial charge in [0.1, 0.15) is 0 Å². The molecule has 1 aliphatic carbocycles. The van der Waals surface area contributed by atoms with E-state index in [2.05, 4.69) is 24.9 Å². The lowest BCUT2D eigenvalue weighted by Gasteiger charge is -2.26. The van der Waals surface area contributed by atoms with Crippen molar-refractivity contribution in [2.24, 2.45) is 5.92 Å². The van der Waals surface area contributed by atoms with Gasteiger partial charge >= 0.3 is 0 Å². The first-order chi connectivity index (χ1) is 9.19. The molecule has 0 bridgehead atoms. The Bertz CT molecular complexity index is 407. The normalized spacial score (nSPS) is 17.0. The van der Waals surface area contributed by atoms with Crippen molar-refractivity contribution in [2.45, 2.75) is 45.4 Å². The van der Waals surface area contributed by atoms with E-state index >= 15 is 0 Å². The molecule has 106 valence electrons. The van der Waals surface area contributed by atoms with E-state index in [0.29, 0.717) is 6.54 Å². The zero-order chi connectivity index (χ0) is 13.7. The first-order valence-corrected chi connectivity index (χ1v) is 8.31. The maximum Gasteiger partial charge on any atom is 0.186 e. The summed E-state index contributed by atoms with van der Waals surface area (Å²) in [4.78, 5) is 16.6. The number of hydrogen-bond donors (Lipinski definition) is 0. The number of carbonyl (C=O) groups is 1. The van der Waals surface area contributed by atoms with Gasteiger partial charge in [-0.25, -0.2) is 0 Å².